The average molecular weight is 232 g/mol. The summed E-state index contributed by atoms with van der Waals surface area (Å²) >= 11 is -1.94. The summed E-state index contributed by atoms with van der Waals surface area (Å²) in [6.07, 6.45) is 0. The van der Waals surface area contributed by atoms with Gasteiger partial charge >= 0.3 is 42.4 Å². The van der Waals surface area contributed by atoms with Crippen LogP contribution in [0.15, 0.2) is 0 Å². The molecule has 0 spiro atoms. The fourth-order valence-corrected chi connectivity index (χ4v) is 0. The van der Waals surface area contributed by atoms with Gasteiger partial charge in [0.25, 0.3) is 0 Å². The number of nitrogens with zero attached hydrogens (tertiary/aromatic N) is 1. The van der Waals surface area contributed by atoms with Gasteiger partial charge in [0.1, 0.15) is 0 Å². The first-order valence-corrected chi connectivity index (χ1v) is 8.40. The predicted octanol–water partition coefficient (Wildman–Crippen LogP) is 2.39. The van der Waals surface area contributed by atoms with Crippen molar-refractivity contribution in [2.45, 2.75) is 0 Å². The van der Waals surface area contributed by atoms with Crippen molar-refractivity contribution in [2.75, 3.05) is 0 Å². The van der Waals surface area contributed by atoms with Crippen molar-refractivity contribution >= 4 is 28.3 Å². The van der Waals surface area contributed by atoms with E-state index in [9.17, 15) is 0 Å². The fourth-order valence-electron chi connectivity index (χ4n) is 0. The van der Waals surface area contributed by atoms with Gasteiger partial charge in [-0.15, -0.1) is 0 Å². The smallest absolute Gasteiger partial charge is 0.423 e. The van der Waals surface area contributed by atoms with Crippen molar-refractivity contribution in [1.29, 1.82) is 0 Å². The molecule has 0 aromatic carbocycles. The van der Waals surface area contributed by atoms with Crippen LogP contribution in [0.1, 0.15) is 0 Å². The van der Waals surface area contributed by atoms with E-state index in [4.69, 9.17) is 38.8 Å². The number of hydrogen-bond acceptors (Lipinski definition) is 1. The molecule has 0 amide bonds. The number of rotatable bonds is 0. The summed E-state index contributed by atoms with van der Waals surface area (Å²) in [5.41, 5.74) is 5.75. The summed E-state index contributed by atoms with van der Waals surface area (Å²) in [4.78, 5) is 7.25. The van der Waals surface area contributed by atoms with Gasteiger partial charge in [0, 0.05) is 0 Å². The third kappa shape index (κ3) is 66.5. The normalized spacial score (nSPS) is 6.67. The molecular formula is Cl3MoNO-. The Morgan fingerprint density at radius 2 is 1.17 bits per heavy atom. The Hall–Kier alpha value is 1.16. The zero-order valence-electron chi connectivity index (χ0n) is 2.40. The van der Waals surface area contributed by atoms with Crippen molar-refractivity contribution < 1.29 is 14.2 Å². The molecule has 39 valence electrons. The van der Waals surface area contributed by atoms with E-state index < -0.39 is 14.2 Å². The standard InChI is InChI=1S/3ClH.Mo.NO/c;;;;1-2/h3*1H;;/q;;;+3;-1/p-3. The SMILES string of the molecule is [Cl][Mo]([Cl])[Cl].[N-]=O. The first kappa shape index (κ1) is 10.2. The van der Waals surface area contributed by atoms with Crippen LogP contribution in [0.25, 0.3) is 5.59 Å². The molecule has 0 saturated heterocycles. The Morgan fingerprint density at radius 3 is 1.17 bits per heavy atom. The van der Waals surface area contributed by atoms with Gasteiger partial charge in [0.15, 0.2) is 0 Å². The summed E-state index contributed by atoms with van der Waals surface area (Å²) in [6.45, 7) is 0. The molecule has 0 atom stereocenters. The molecule has 0 radical (unpaired) electrons. The van der Waals surface area contributed by atoms with Gasteiger partial charge in [0.2, 0.25) is 0 Å². The van der Waals surface area contributed by atoms with E-state index in [1.54, 1.807) is 0 Å². The predicted molar refractivity (Wildman–Crippen MR) is 24.3 cm³/mol. The molecule has 0 aromatic heterocycles. The summed E-state index contributed by atoms with van der Waals surface area (Å²) in [6, 6.07) is 0. The van der Waals surface area contributed by atoms with E-state index in [1.807, 2.05) is 0 Å². The minimum Gasteiger partial charge on any atom is -0.577 e. The molecule has 0 aliphatic heterocycles. The van der Waals surface area contributed by atoms with Crippen LogP contribution >= 0.6 is 28.3 Å². The molecule has 0 aliphatic carbocycles. The quantitative estimate of drug-likeness (QED) is 0.591. The molecule has 6 heavy (non-hydrogen) atoms. The second kappa shape index (κ2) is 9.48. The zero-order valence-corrected chi connectivity index (χ0v) is 6.67. The molecular weight excluding hydrogens is 232 g/mol. The van der Waals surface area contributed by atoms with Crippen LogP contribution < -0.4 is 0 Å². The van der Waals surface area contributed by atoms with Crippen molar-refractivity contribution in [1.82, 2.24) is 0 Å². The topological polar surface area (TPSA) is 39.4 Å². The molecule has 0 rings (SSSR count). The van der Waals surface area contributed by atoms with E-state index in [0.29, 0.717) is 0 Å². The van der Waals surface area contributed by atoms with Crippen LogP contribution in [0.3, 0.4) is 0 Å². The largest absolute Gasteiger partial charge is 0.577 e. The maximum Gasteiger partial charge on any atom is -0.423 e. The Kier molecular flexibility index (Phi) is 16.1. The number of nitroso groups, excluding NO2 is 1. The molecule has 0 aromatic rings. The third-order valence-corrected chi connectivity index (χ3v) is 0. The third-order valence-electron chi connectivity index (χ3n) is 0. The summed E-state index contributed by atoms with van der Waals surface area (Å²) in [7, 11) is 14.9. The monoisotopic (exact) mass is 233 g/mol. The van der Waals surface area contributed by atoms with Crippen LogP contribution in [0.2, 0.25) is 0 Å². The van der Waals surface area contributed by atoms with E-state index in [2.05, 4.69) is 0 Å². The van der Waals surface area contributed by atoms with Crippen LogP contribution in [0, 0.1) is 4.91 Å². The second-order valence-corrected chi connectivity index (χ2v) is 9.32. The van der Waals surface area contributed by atoms with Crippen LogP contribution in [0.5, 0.6) is 0 Å². The first-order chi connectivity index (χ1) is 2.73. The summed E-state index contributed by atoms with van der Waals surface area (Å²) in [5.74, 6) is 0. The Labute approximate surface area is 52.9 Å². The zero-order chi connectivity index (χ0) is 5.58. The summed E-state index contributed by atoms with van der Waals surface area (Å²) in [5, 5.41) is 0. The molecule has 0 heterocycles. The molecule has 0 N–H and O–H groups in total. The number of halogens is 3. The molecule has 6 heteroatoms. The summed E-state index contributed by atoms with van der Waals surface area (Å²) < 4.78 is 0. The van der Waals surface area contributed by atoms with Crippen molar-refractivity contribution in [3.8, 4) is 0 Å². The molecule has 0 aliphatic rings. The van der Waals surface area contributed by atoms with Crippen molar-refractivity contribution in [3.63, 3.8) is 0 Å². The van der Waals surface area contributed by atoms with Gasteiger partial charge in [-0.1, -0.05) is 0 Å². The van der Waals surface area contributed by atoms with Gasteiger partial charge in [0.05, 0.1) is 0 Å². The fraction of sp³-hybridized carbons (Fsp3) is 0. The van der Waals surface area contributed by atoms with Gasteiger partial charge in [-0.2, -0.15) is 0 Å². The van der Waals surface area contributed by atoms with E-state index in [0.717, 1.165) is 0 Å². The Bertz CT molecular complexity index is 22.0. The minimum atomic E-state index is -1.94. The Balaban J connectivity index is 0. The van der Waals surface area contributed by atoms with Crippen molar-refractivity contribution in [2.24, 2.45) is 0 Å². The second-order valence-electron chi connectivity index (χ2n) is 0.175. The molecule has 0 unspecified atom stereocenters. The van der Waals surface area contributed by atoms with Gasteiger partial charge < -0.3 is 10.5 Å². The van der Waals surface area contributed by atoms with Crippen LogP contribution in [0.4, 0.5) is 0 Å². The van der Waals surface area contributed by atoms with Crippen LogP contribution in [-0.2, 0) is 14.2 Å². The van der Waals surface area contributed by atoms with Crippen LogP contribution in [-0.4, -0.2) is 0 Å². The van der Waals surface area contributed by atoms with E-state index in [-0.39, 0.29) is 0 Å². The molecule has 0 bridgehead atoms. The molecule has 0 fully saturated rings. The maximum absolute atomic E-state index is 7.25. The Morgan fingerprint density at radius 1 is 1.17 bits per heavy atom. The van der Waals surface area contributed by atoms with Gasteiger partial charge in [-0.05, 0) is 0 Å². The molecule has 2 nitrogen and oxygen atoms in total. The maximum atomic E-state index is 7.25. The minimum absolute atomic E-state index is 1.94. The van der Waals surface area contributed by atoms with E-state index >= 15 is 0 Å². The first-order valence-electron chi connectivity index (χ1n) is 0.645. The number of hydrogen-bond donors (Lipinski definition) is 0. The molecule has 0 saturated carbocycles. The average Bonchev–Trinajstić information content (AvgIpc) is 1.41. The van der Waals surface area contributed by atoms with Gasteiger partial charge in [-0.25, -0.2) is 0 Å². The van der Waals surface area contributed by atoms with Crippen molar-refractivity contribution in [3.05, 3.63) is 10.5 Å². The van der Waals surface area contributed by atoms with E-state index in [1.165, 1.54) is 0 Å². The van der Waals surface area contributed by atoms with Gasteiger partial charge in [-0.3, -0.25) is 0 Å².